The average molecular weight is 330 g/mol. The van der Waals surface area contributed by atoms with Gasteiger partial charge in [0.05, 0.1) is 11.9 Å². The molecule has 0 spiro atoms. The molecule has 0 unspecified atom stereocenters. The number of amides is 1. The van der Waals surface area contributed by atoms with Crippen molar-refractivity contribution in [2.24, 2.45) is 0 Å². The maximum Gasteiger partial charge on any atom is 0.326 e. The fourth-order valence-electron chi connectivity index (χ4n) is 1.56. The highest BCUT2D eigenvalue weighted by Crippen LogP contribution is 2.15. The van der Waals surface area contributed by atoms with Gasteiger partial charge in [0, 0.05) is 18.3 Å². The number of carboxylic acid groups (broad SMARTS) is 1. The third kappa shape index (κ3) is 3.89. The molecule has 1 amide bonds. The average Bonchev–Trinajstić information content (AvgIpc) is 2.93. The first kappa shape index (κ1) is 15.2. The maximum atomic E-state index is 12.0. The van der Waals surface area contributed by atoms with Crippen molar-refractivity contribution >= 4 is 35.1 Å². The third-order valence-electron chi connectivity index (χ3n) is 2.55. The van der Waals surface area contributed by atoms with Crippen molar-refractivity contribution < 1.29 is 14.7 Å². The summed E-state index contributed by atoms with van der Waals surface area (Å²) in [4.78, 5) is 29.8. The summed E-state index contributed by atoms with van der Waals surface area (Å²) in [5.74, 6) is -1.90. The van der Waals surface area contributed by atoms with Gasteiger partial charge >= 0.3 is 5.97 Å². The molecule has 2 heterocycles. The van der Waals surface area contributed by atoms with Gasteiger partial charge in [0.25, 0.3) is 5.91 Å². The van der Waals surface area contributed by atoms with E-state index in [1.807, 2.05) is 0 Å². The SMILES string of the molecule is O=C(N[C@@H](Cc1cnc[nH]1)C(=O)O)c1cc(Cl)nnc1Cl. The Kier molecular flexibility index (Phi) is 4.71. The monoisotopic (exact) mass is 329 g/mol. The van der Waals surface area contributed by atoms with Crippen molar-refractivity contribution in [2.45, 2.75) is 12.5 Å². The van der Waals surface area contributed by atoms with E-state index in [9.17, 15) is 9.59 Å². The summed E-state index contributed by atoms with van der Waals surface area (Å²) >= 11 is 11.4. The van der Waals surface area contributed by atoms with Crippen molar-refractivity contribution in [3.8, 4) is 0 Å². The Morgan fingerprint density at radius 2 is 2.14 bits per heavy atom. The second-order valence-electron chi connectivity index (χ2n) is 4.02. The van der Waals surface area contributed by atoms with Gasteiger partial charge in [0.1, 0.15) is 6.04 Å². The first-order chi connectivity index (χ1) is 9.97. The zero-order chi connectivity index (χ0) is 15.4. The first-order valence-electron chi connectivity index (χ1n) is 5.67. The minimum atomic E-state index is -1.19. The van der Waals surface area contributed by atoms with Gasteiger partial charge in [0.2, 0.25) is 0 Å². The minimum absolute atomic E-state index is 0.0232. The van der Waals surface area contributed by atoms with Gasteiger partial charge in [-0.3, -0.25) is 4.79 Å². The van der Waals surface area contributed by atoms with E-state index in [-0.39, 0.29) is 22.3 Å². The Balaban J connectivity index is 2.14. The lowest BCUT2D eigenvalue weighted by Crippen LogP contribution is -2.42. The molecular weight excluding hydrogens is 321 g/mol. The van der Waals surface area contributed by atoms with Crippen molar-refractivity contribution in [1.82, 2.24) is 25.5 Å². The van der Waals surface area contributed by atoms with E-state index in [0.717, 1.165) is 0 Å². The Morgan fingerprint density at radius 3 is 2.76 bits per heavy atom. The number of aromatic nitrogens is 4. The number of nitrogens with one attached hydrogen (secondary N) is 2. The number of nitrogens with zero attached hydrogens (tertiary/aromatic N) is 3. The van der Waals surface area contributed by atoms with E-state index in [0.29, 0.717) is 5.69 Å². The molecule has 0 aliphatic heterocycles. The van der Waals surface area contributed by atoms with Crippen LogP contribution < -0.4 is 5.32 Å². The van der Waals surface area contributed by atoms with Gasteiger partial charge in [-0.15, -0.1) is 10.2 Å². The number of carboxylic acids is 1. The predicted molar refractivity (Wildman–Crippen MR) is 73.2 cm³/mol. The second-order valence-corrected chi connectivity index (χ2v) is 4.76. The minimum Gasteiger partial charge on any atom is -0.480 e. The third-order valence-corrected chi connectivity index (χ3v) is 3.01. The number of halogens is 2. The molecule has 0 saturated heterocycles. The highest BCUT2D eigenvalue weighted by molar-refractivity contribution is 6.34. The van der Waals surface area contributed by atoms with Gasteiger partial charge < -0.3 is 15.4 Å². The highest BCUT2D eigenvalue weighted by Gasteiger charge is 2.23. The summed E-state index contributed by atoms with van der Waals surface area (Å²) in [5.41, 5.74) is 0.521. The van der Waals surface area contributed by atoms with Gasteiger partial charge in [-0.25, -0.2) is 9.78 Å². The van der Waals surface area contributed by atoms with Crippen LogP contribution in [-0.2, 0) is 11.2 Å². The van der Waals surface area contributed by atoms with E-state index < -0.39 is 17.9 Å². The number of imidazole rings is 1. The molecule has 1 atom stereocenters. The molecule has 8 nitrogen and oxygen atoms in total. The summed E-state index contributed by atoms with van der Waals surface area (Å²) in [7, 11) is 0. The van der Waals surface area contributed by atoms with Crippen molar-refractivity contribution in [3.63, 3.8) is 0 Å². The predicted octanol–water partition coefficient (Wildman–Crippen LogP) is 0.932. The van der Waals surface area contributed by atoms with E-state index in [4.69, 9.17) is 28.3 Å². The standard InChI is InChI=1S/C11H9Cl2N5O3/c12-8-2-6(9(13)18-17-8)10(19)16-7(11(20)21)1-5-3-14-4-15-5/h2-4,7H,1H2,(H,14,15)(H,16,19)(H,20,21)/t7-/m0/s1. The van der Waals surface area contributed by atoms with Gasteiger partial charge in [-0.05, 0) is 6.07 Å². The molecule has 0 aliphatic rings. The molecule has 10 heteroatoms. The molecule has 0 fully saturated rings. The number of rotatable bonds is 5. The van der Waals surface area contributed by atoms with Gasteiger partial charge in [0.15, 0.2) is 10.3 Å². The van der Waals surface area contributed by atoms with Crippen LogP contribution >= 0.6 is 23.2 Å². The number of H-pyrrole nitrogens is 1. The van der Waals surface area contributed by atoms with Crippen LogP contribution in [0.2, 0.25) is 10.3 Å². The van der Waals surface area contributed by atoms with Crippen LogP contribution in [-0.4, -0.2) is 43.2 Å². The Morgan fingerprint density at radius 1 is 1.38 bits per heavy atom. The lowest BCUT2D eigenvalue weighted by Gasteiger charge is -2.14. The smallest absolute Gasteiger partial charge is 0.326 e. The van der Waals surface area contributed by atoms with Crippen LogP contribution in [0.4, 0.5) is 0 Å². The first-order valence-corrected chi connectivity index (χ1v) is 6.42. The van der Waals surface area contributed by atoms with Crippen molar-refractivity contribution in [2.75, 3.05) is 0 Å². The topological polar surface area (TPSA) is 121 Å². The largest absolute Gasteiger partial charge is 0.480 e. The molecular formula is C11H9Cl2N5O3. The zero-order valence-corrected chi connectivity index (χ0v) is 11.9. The fourth-order valence-corrected chi connectivity index (χ4v) is 1.89. The number of aromatic amines is 1. The zero-order valence-electron chi connectivity index (χ0n) is 10.4. The molecule has 3 N–H and O–H groups in total. The van der Waals surface area contributed by atoms with Crippen LogP contribution in [0, 0.1) is 0 Å². The molecule has 2 aromatic heterocycles. The number of hydrogen-bond donors (Lipinski definition) is 3. The Hall–Kier alpha value is -2.19. The highest BCUT2D eigenvalue weighted by atomic mass is 35.5. The summed E-state index contributed by atoms with van der Waals surface area (Å²) in [6.07, 6.45) is 2.93. The molecule has 0 radical (unpaired) electrons. The van der Waals surface area contributed by atoms with E-state index in [1.54, 1.807) is 0 Å². The molecule has 110 valence electrons. The van der Waals surface area contributed by atoms with Gasteiger partial charge in [-0.2, -0.15) is 0 Å². The number of hydrogen-bond acceptors (Lipinski definition) is 5. The summed E-state index contributed by atoms with van der Waals surface area (Å²) in [6, 6.07) is 0.0578. The van der Waals surface area contributed by atoms with Crippen LogP contribution in [0.5, 0.6) is 0 Å². The second kappa shape index (κ2) is 6.51. The molecule has 0 aliphatic carbocycles. The lowest BCUT2D eigenvalue weighted by atomic mass is 10.1. The van der Waals surface area contributed by atoms with E-state index in [2.05, 4.69) is 25.5 Å². The van der Waals surface area contributed by atoms with Crippen LogP contribution in [0.3, 0.4) is 0 Å². The van der Waals surface area contributed by atoms with E-state index in [1.165, 1.54) is 18.6 Å². The number of carbonyl (C=O) groups excluding carboxylic acids is 1. The number of aliphatic carboxylic acids is 1. The van der Waals surface area contributed by atoms with E-state index >= 15 is 0 Å². The molecule has 0 saturated carbocycles. The maximum absolute atomic E-state index is 12.0. The van der Waals surface area contributed by atoms with Crippen LogP contribution in [0.25, 0.3) is 0 Å². The summed E-state index contributed by atoms with van der Waals surface area (Å²) in [6.45, 7) is 0. The molecule has 2 aromatic rings. The van der Waals surface area contributed by atoms with Gasteiger partial charge in [-0.1, -0.05) is 23.2 Å². The fraction of sp³-hybridized carbons (Fsp3) is 0.182. The Bertz CT molecular complexity index is 662. The number of carbonyl (C=O) groups is 2. The summed E-state index contributed by atoms with van der Waals surface area (Å²) in [5, 5.41) is 18.3. The van der Waals surface area contributed by atoms with Crippen LogP contribution in [0.15, 0.2) is 18.6 Å². The molecule has 0 aromatic carbocycles. The lowest BCUT2D eigenvalue weighted by molar-refractivity contribution is -0.139. The van der Waals surface area contributed by atoms with Crippen molar-refractivity contribution in [1.29, 1.82) is 0 Å². The molecule has 21 heavy (non-hydrogen) atoms. The normalized spacial score (nSPS) is 11.9. The molecule has 0 bridgehead atoms. The van der Waals surface area contributed by atoms with Crippen molar-refractivity contribution in [3.05, 3.63) is 40.2 Å². The summed E-state index contributed by atoms with van der Waals surface area (Å²) < 4.78 is 0. The van der Waals surface area contributed by atoms with Crippen LogP contribution in [0.1, 0.15) is 16.1 Å². The quantitative estimate of drug-likeness (QED) is 0.750. The Labute approximate surface area is 128 Å². The molecule has 2 rings (SSSR count).